The Morgan fingerprint density at radius 2 is 1.85 bits per heavy atom. The number of rotatable bonds is 6. The zero-order valence-electron chi connectivity index (χ0n) is 9.19. The minimum Gasteiger partial charge on any atom is -1.00 e. The Kier molecular flexibility index (Phi) is 10.2. The second-order valence-corrected chi connectivity index (χ2v) is 4.68. The molecule has 0 saturated heterocycles. The van der Waals surface area contributed by atoms with Gasteiger partial charge in [-0.05, 0) is 19.8 Å². The summed E-state index contributed by atoms with van der Waals surface area (Å²) in [6.07, 6.45) is 2.39. The summed E-state index contributed by atoms with van der Waals surface area (Å²) in [5.74, 6) is 0.131. The van der Waals surface area contributed by atoms with Crippen LogP contribution in [0, 0.1) is 0 Å². The van der Waals surface area contributed by atoms with Gasteiger partial charge in [0.1, 0.15) is 5.78 Å². The van der Waals surface area contributed by atoms with Crippen LogP contribution in [-0.4, -0.2) is 21.7 Å². The van der Waals surface area contributed by atoms with E-state index in [0.717, 1.165) is 6.42 Å². The molecule has 0 aliphatic rings. The monoisotopic (exact) mass is 218 g/mol. The Hall–Kier alpha value is 0.820. The maximum Gasteiger partial charge on any atom is 1.00 e. The van der Waals surface area contributed by atoms with E-state index in [2.05, 4.69) is 0 Å². The SMILES string of the molecule is CC(=O)CCCCCP(=O)(O)O.[H-].[Na+]. The van der Waals surface area contributed by atoms with Crippen LogP contribution in [0.1, 0.15) is 34.0 Å². The molecule has 0 aliphatic carbocycles. The minimum absolute atomic E-state index is 0. The molecule has 0 rings (SSSR count). The van der Waals surface area contributed by atoms with E-state index in [9.17, 15) is 9.36 Å². The van der Waals surface area contributed by atoms with Gasteiger partial charge < -0.3 is 16.0 Å². The van der Waals surface area contributed by atoms with Crippen LogP contribution in [0.25, 0.3) is 0 Å². The molecule has 0 spiro atoms. The fraction of sp³-hybridized carbons (Fsp3) is 0.857. The molecule has 0 bridgehead atoms. The molecule has 0 saturated carbocycles. The predicted octanol–water partition coefficient (Wildman–Crippen LogP) is -1.57. The maximum absolute atomic E-state index is 10.5. The van der Waals surface area contributed by atoms with E-state index < -0.39 is 7.60 Å². The van der Waals surface area contributed by atoms with Gasteiger partial charge in [-0.25, -0.2) is 0 Å². The quantitative estimate of drug-likeness (QED) is 0.321. The predicted molar refractivity (Wildman–Crippen MR) is 47.2 cm³/mol. The van der Waals surface area contributed by atoms with E-state index >= 15 is 0 Å². The zero-order valence-corrected chi connectivity index (χ0v) is 11.1. The first kappa shape index (κ1) is 16.3. The molecular formula is C7H16NaO4P. The molecule has 6 heteroatoms. The number of carbonyl (C=O) groups is 1. The number of Topliss-reactive ketones (excluding diaryl/α,β-unsaturated/α-hetero) is 1. The fourth-order valence-electron chi connectivity index (χ4n) is 0.868. The van der Waals surface area contributed by atoms with E-state index in [0.29, 0.717) is 19.3 Å². The van der Waals surface area contributed by atoms with Gasteiger partial charge in [-0.2, -0.15) is 0 Å². The van der Waals surface area contributed by atoms with Gasteiger partial charge in [0.2, 0.25) is 0 Å². The van der Waals surface area contributed by atoms with Gasteiger partial charge in [-0.15, -0.1) is 0 Å². The molecule has 0 heterocycles. The first-order chi connectivity index (χ1) is 5.42. The fourth-order valence-corrected chi connectivity index (χ4v) is 1.50. The number of carbonyl (C=O) groups excluding carboxylic acids is 1. The summed E-state index contributed by atoms with van der Waals surface area (Å²) < 4.78 is 10.4. The Morgan fingerprint density at radius 3 is 2.23 bits per heavy atom. The summed E-state index contributed by atoms with van der Waals surface area (Å²) in [5, 5.41) is 0. The van der Waals surface area contributed by atoms with Crippen LogP contribution in [0.15, 0.2) is 0 Å². The van der Waals surface area contributed by atoms with Gasteiger partial charge in [-0.1, -0.05) is 6.42 Å². The Labute approximate surface area is 102 Å². The number of ketones is 1. The zero-order chi connectivity index (χ0) is 9.61. The average Bonchev–Trinajstić information content (AvgIpc) is 1.83. The van der Waals surface area contributed by atoms with Crippen LogP contribution in [0.4, 0.5) is 0 Å². The summed E-state index contributed by atoms with van der Waals surface area (Å²) in [4.78, 5) is 27.4. The molecule has 2 N–H and O–H groups in total. The Morgan fingerprint density at radius 1 is 1.31 bits per heavy atom. The third-order valence-electron chi connectivity index (χ3n) is 1.48. The van der Waals surface area contributed by atoms with Crippen LogP contribution in [0.3, 0.4) is 0 Å². The van der Waals surface area contributed by atoms with Crippen molar-refractivity contribution in [3.05, 3.63) is 0 Å². The van der Waals surface area contributed by atoms with Crippen LogP contribution in [-0.2, 0) is 9.36 Å². The van der Waals surface area contributed by atoms with Crippen LogP contribution < -0.4 is 29.6 Å². The summed E-state index contributed by atoms with van der Waals surface area (Å²) in [5.41, 5.74) is 0. The summed E-state index contributed by atoms with van der Waals surface area (Å²) >= 11 is 0. The second kappa shape index (κ2) is 8.16. The van der Waals surface area contributed by atoms with Crippen LogP contribution in [0.5, 0.6) is 0 Å². The first-order valence-corrected chi connectivity index (χ1v) is 5.75. The van der Waals surface area contributed by atoms with Crippen molar-refractivity contribution in [3.63, 3.8) is 0 Å². The largest absolute Gasteiger partial charge is 1.00 e. The number of hydrogen-bond acceptors (Lipinski definition) is 2. The molecule has 0 radical (unpaired) electrons. The minimum atomic E-state index is -3.81. The average molecular weight is 218 g/mol. The standard InChI is InChI=1S/C7H15O4P.Na.H/c1-7(8)5-3-2-4-6-12(9,10)11;;/h2-6H2,1H3,(H2,9,10,11);;/q;+1;-1. The number of hydrogen-bond donors (Lipinski definition) is 2. The van der Waals surface area contributed by atoms with Crippen molar-refractivity contribution < 1.29 is 50.1 Å². The smallest absolute Gasteiger partial charge is 1.00 e. The van der Waals surface area contributed by atoms with Crippen LogP contribution in [0.2, 0.25) is 0 Å². The third-order valence-corrected chi connectivity index (χ3v) is 2.38. The maximum atomic E-state index is 10.5. The molecule has 0 aromatic carbocycles. The van der Waals surface area contributed by atoms with Gasteiger partial charge in [0.05, 0.1) is 0 Å². The van der Waals surface area contributed by atoms with E-state index in [1.54, 1.807) is 0 Å². The molecule has 0 aliphatic heterocycles. The normalized spacial score (nSPS) is 10.7. The molecule has 13 heavy (non-hydrogen) atoms. The van der Waals surface area contributed by atoms with Gasteiger partial charge >= 0.3 is 37.2 Å². The molecule has 4 nitrogen and oxygen atoms in total. The van der Waals surface area contributed by atoms with E-state index in [4.69, 9.17) is 9.79 Å². The van der Waals surface area contributed by atoms with Crippen molar-refractivity contribution in [2.45, 2.75) is 32.6 Å². The third kappa shape index (κ3) is 15.6. The molecular weight excluding hydrogens is 202 g/mol. The van der Waals surface area contributed by atoms with E-state index in [-0.39, 0.29) is 42.9 Å². The topological polar surface area (TPSA) is 74.6 Å². The summed E-state index contributed by atoms with van der Waals surface area (Å²) in [6.45, 7) is 1.52. The van der Waals surface area contributed by atoms with Crippen molar-refractivity contribution in [3.8, 4) is 0 Å². The van der Waals surface area contributed by atoms with Gasteiger partial charge in [0, 0.05) is 12.6 Å². The molecule has 0 aromatic heterocycles. The van der Waals surface area contributed by atoms with Crippen molar-refractivity contribution in [1.82, 2.24) is 0 Å². The van der Waals surface area contributed by atoms with E-state index in [1.165, 1.54) is 6.92 Å². The first-order valence-electron chi connectivity index (χ1n) is 3.96. The summed E-state index contributed by atoms with van der Waals surface area (Å²) in [7, 11) is -3.81. The second-order valence-electron chi connectivity index (χ2n) is 2.90. The van der Waals surface area contributed by atoms with Crippen molar-refractivity contribution in [1.29, 1.82) is 0 Å². The van der Waals surface area contributed by atoms with Crippen molar-refractivity contribution >= 4 is 13.4 Å². The summed E-state index contributed by atoms with van der Waals surface area (Å²) in [6, 6.07) is 0. The van der Waals surface area contributed by atoms with E-state index in [1.807, 2.05) is 0 Å². The van der Waals surface area contributed by atoms with Crippen LogP contribution >= 0.6 is 7.60 Å². The van der Waals surface area contributed by atoms with Gasteiger partial charge in [-0.3, -0.25) is 4.57 Å². The van der Waals surface area contributed by atoms with Gasteiger partial charge in [0.25, 0.3) is 0 Å². The molecule has 0 fully saturated rings. The molecule has 0 aromatic rings. The Balaban J connectivity index is -0.000000605. The molecule has 0 atom stereocenters. The number of unbranched alkanes of at least 4 members (excludes halogenated alkanes) is 2. The van der Waals surface area contributed by atoms with Gasteiger partial charge in [0.15, 0.2) is 0 Å². The van der Waals surface area contributed by atoms with Crippen molar-refractivity contribution in [2.24, 2.45) is 0 Å². The molecule has 74 valence electrons. The van der Waals surface area contributed by atoms with Crippen molar-refractivity contribution in [2.75, 3.05) is 6.16 Å². The molecule has 0 amide bonds. The Bertz CT molecular complexity index is 194. The molecule has 0 unspecified atom stereocenters.